The van der Waals surface area contributed by atoms with Crippen molar-refractivity contribution in [2.24, 2.45) is 13.0 Å². The summed E-state index contributed by atoms with van der Waals surface area (Å²) in [7, 11) is 3.87. The quantitative estimate of drug-likeness (QED) is 0.837. The third-order valence-corrected chi connectivity index (χ3v) is 7.01. The molecule has 6 heteroatoms. The van der Waals surface area contributed by atoms with E-state index in [0.29, 0.717) is 18.4 Å². The minimum atomic E-state index is -0.186. The molecule has 1 aromatic heterocycles. The zero-order valence-corrected chi connectivity index (χ0v) is 17.8. The number of carbonyl (C=O) groups excluding carboxylic acids is 1. The molecule has 1 saturated heterocycles. The van der Waals surface area contributed by atoms with E-state index >= 15 is 0 Å². The largest absolute Gasteiger partial charge is 0.338 e. The fraction of sp³-hybridized carbons (Fsp3) is 0.565. The van der Waals surface area contributed by atoms with Crippen LogP contribution in [0.2, 0.25) is 0 Å². The molecule has 29 heavy (non-hydrogen) atoms. The molecule has 4 rings (SSSR count). The predicted octanol–water partition coefficient (Wildman–Crippen LogP) is 3.62. The molecule has 1 amide bonds. The van der Waals surface area contributed by atoms with Crippen molar-refractivity contribution < 1.29 is 9.18 Å². The summed E-state index contributed by atoms with van der Waals surface area (Å²) >= 11 is 0. The molecule has 1 aliphatic heterocycles. The minimum absolute atomic E-state index is 0.0642. The lowest BCUT2D eigenvalue weighted by Crippen LogP contribution is -2.37. The molecule has 2 aliphatic rings. The maximum absolute atomic E-state index is 13.3. The SMILES string of the molecule is Cc1nn(C)c(C)c1[C@H]1[C@H](CN[C@H]2CCC[C@@H]2c2ccc(F)cc2)CC(=O)N1C. The van der Waals surface area contributed by atoms with Crippen molar-refractivity contribution in [2.75, 3.05) is 13.6 Å². The summed E-state index contributed by atoms with van der Waals surface area (Å²) in [5, 5.41) is 8.35. The van der Waals surface area contributed by atoms with E-state index in [4.69, 9.17) is 0 Å². The first-order valence-electron chi connectivity index (χ1n) is 10.6. The van der Waals surface area contributed by atoms with Gasteiger partial charge in [0.05, 0.1) is 11.7 Å². The molecule has 2 fully saturated rings. The molecule has 1 aromatic carbocycles. The number of likely N-dealkylation sites (tertiary alicyclic amines) is 1. The highest BCUT2D eigenvalue weighted by Gasteiger charge is 2.41. The summed E-state index contributed by atoms with van der Waals surface area (Å²) in [4.78, 5) is 14.4. The molecule has 2 aromatic rings. The second kappa shape index (κ2) is 7.90. The summed E-state index contributed by atoms with van der Waals surface area (Å²) in [6.45, 7) is 4.92. The van der Waals surface area contributed by atoms with Gasteiger partial charge in [0.15, 0.2) is 0 Å². The Morgan fingerprint density at radius 1 is 1.17 bits per heavy atom. The number of hydrogen-bond acceptors (Lipinski definition) is 3. The van der Waals surface area contributed by atoms with E-state index in [9.17, 15) is 9.18 Å². The van der Waals surface area contributed by atoms with Crippen LogP contribution >= 0.6 is 0 Å². The fourth-order valence-corrected chi connectivity index (χ4v) is 5.40. The molecule has 1 saturated carbocycles. The number of benzene rings is 1. The van der Waals surface area contributed by atoms with Crippen molar-refractivity contribution >= 4 is 5.91 Å². The average molecular weight is 399 g/mol. The summed E-state index contributed by atoms with van der Waals surface area (Å²) in [5.74, 6) is 0.647. The van der Waals surface area contributed by atoms with Gasteiger partial charge in [-0.3, -0.25) is 9.48 Å². The van der Waals surface area contributed by atoms with E-state index in [1.807, 2.05) is 42.7 Å². The van der Waals surface area contributed by atoms with Crippen LogP contribution in [0.25, 0.3) is 0 Å². The predicted molar refractivity (Wildman–Crippen MR) is 111 cm³/mol. The van der Waals surface area contributed by atoms with Crippen LogP contribution in [0, 0.1) is 25.6 Å². The number of aromatic nitrogens is 2. The van der Waals surface area contributed by atoms with Crippen LogP contribution in [-0.2, 0) is 11.8 Å². The van der Waals surface area contributed by atoms with Gasteiger partial charge in [-0.2, -0.15) is 5.10 Å². The van der Waals surface area contributed by atoms with Gasteiger partial charge in [0.2, 0.25) is 5.91 Å². The molecular formula is C23H31FN4O. The van der Waals surface area contributed by atoms with Gasteiger partial charge in [-0.15, -0.1) is 0 Å². The van der Waals surface area contributed by atoms with Crippen LogP contribution in [0.3, 0.4) is 0 Å². The number of halogens is 1. The highest BCUT2D eigenvalue weighted by Crippen LogP contribution is 2.40. The van der Waals surface area contributed by atoms with Crippen molar-refractivity contribution in [3.63, 3.8) is 0 Å². The summed E-state index contributed by atoms with van der Waals surface area (Å²) < 4.78 is 15.2. The molecule has 4 atom stereocenters. The maximum atomic E-state index is 13.3. The smallest absolute Gasteiger partial charge is 0.223 e. The number of nitrogens with zero attached hydrogens (tertiary/aromatic N) is 3. The van der Waals surface area contributed by atoms with Gasteiger partial charge in [-0.1, -0.05) is 18.6 Å². The second-order valence-corrected chi connectivity index (χ2v) is 8.73. The van der Waals surface area contributed by atoms with Gasteiger partial charge in [0.25, 0.3) is 0 Å². The highest BCUT2D eigenvalue weighted by molar-refractivity contribution is 5.79. The van der Waals surface area contributed by atoms with E-state index in [0.717, 1.165) is 30.8 Å². The van der Waals surface area contributed by atoms with Crippen LogP contribution in [0.5, 0.6) is 0 Å². The van der Waals surface area contributed by atoms with Crippen LogP contribution < -0.4 is 5.32 Å². The molecular weight excluding hydrogens is 367 g/mol. The summed E-state index contributed by atoms with van der Waals surface area (Å²) in [5.41, 5.74) is 4.53. The molecule has 2 heterocycles. The lowest BCUT2D eigenvalue weighted by Gasteiger charge is -2.28. The second-order valence-electron chi connectivity index (χ2n) is 8.73. The average Bonchev–Trinajstić information content (AvgIpc) is 3.33. The summed E-state index contributed by atoms with van der Waals surface area (Å²) in [6.07, 6.45) is 3.98. The van der Waals surface area contributed by atoms with E-state index in [1.54, 1.807) is 12.1 Å². The van der Waals surface area contributed by atoms with Crippen molar-refractivity contribution in [3.05, 3.63) is 52.6 Å². The van der Waals surface area contributed by atoms with Gasteiger partial charge < -0.3 is 10.2 Å². The highest BCUT2D eigenvalue weighted by atomic mass is 19.1. The van der Waals surface area contributed by atoms with Crippen LogP contribution in [0.4, 0.5) is 4.39 Å². The van der Waals surface area contributed by atoms with Crippen molar-refractivity contribution in [2.45, 2.75) is 57.5 Å². The zero-order chi connectivity index (χ0) is 20.7. The first kappa shape index (κ1) is 20.1. The van der Waals surface area contributed by atoms with Crippen LogP contribution in [-0.4, -0.2) is 40.2 Å². The number of nitrogens with one attached hydrogen (secondary N) is 1. The molecule has 1 aliphatic carbocycles. The van der Waals surface area contributed by atoms with E-state index < -0.39 is 0 Å². The lowest BCUT2D eigenvalue weighted by molar-refractivity contribution is -0.127. The Morgan fingerprint density at radius 3 is 2.55 bits per heavy atom. The number of amides is 1. The van der Waals surface area contributed by atoms with Gasteiger partial charge >= 0.3 is 0 Å². The molecule has 0 bridgehead atoms. The van der Waals surface area contributed by atoms with Crippen molar-refractivity contribution in [3.8, 4) is 0 Å². The van der Waals surface area contributed by atoms with Crippen molar-refractivity contribution in [1.29, 1.82) is 0 Å². The molecule has 0 unspecified atom stereocenters. The third-order valence-electron chi connectivity index (χ3n) is 7.01. The van der Waals surface area contributed by atoms with Crippen LogP contribution in [0.15, 0.2) is 24.3 Å². The number of aryl methyl sites for hydroxylation is 2. The number of hydrogen-bond donors (Lipinski definition) is 1. The Labute approximate surface area is 172 Å². The third kappa shape index (κ3) is 3.70. The Balaban J connectivity index is 1.50. The first-order chi connectivity index (χ1) is 13.9. The standard InChI is InChI=1S/C23H31FN4O/c1-14-22(15(2)28(4)26-14)23-17(12-21(29)27(23)3)13-25-20-7-5-6-19(20)16-8-10-18(24)11-9-16/h8-11,17,19-20,23,25H,5-7,12-13H2,1-4H3/t17-,19+,20-,23+/m0/s1. The molecule has 1 N–H and O–H groups in total. The molecule has 0 radical (unpaired) electrons. The van der Waals surface area contributed by atoms with E-state index in [-0.39, 0.29) is 23.7 Å². The van der Waals surface area contributed by atoms with Gasteiger partial charge in [-0.05, 0) is 50.3 Å². The maximum Gasteiger partial charge on any atom is 0.223 e. The minimum Gasteiger partial charge on any atom is -0.338 e. The monoisotopic (exact) mass is 398 g/mol. The Hall–Kier alpha value is -2.21. The molecule has 5 nitrogen and oxygen atoms in total. The van der Waals surface area contributed by atoms with E-state index in [1.165, 1.54) is 17.5 Å². The number of rotatable bonds is 5. The molecule has 156 valence electrons. The van der Waals surface area contributed by atoms with Gasteiger partial charge in [-0.25, -0.2) is 4.39 Å². The first-order valence-corrected chi connectivity index (χ1v) is 10.6. The summed E-state index contributed by atoms with van der Waals surface area (Å²) in [6, 6.07) is 7.38. The van der Waals surface area contributed by atoms with Crippen molar-refractivity contribution in [1.82, 2.24) is 20.0 Å². The Kier molecular flexibility index (Phi) is 5.47. The molecule has 0 spiro atoms. The Morgan fingerprint density at radius 2 is 1.90 bits per heavy atom. The zero-order valence-electron chi connectivity index (χ0n) is 17.8. The number of carbonyl (C=O) groups is 1. The lowest BCUT2D eigenvalue weighted by atomic mass is 9.90. The van der Waals surface area contributed by atoms with Gasteiger partial charge in [0.1, 0.15) is 5.82 Å². The normalized spacial score (nSPS) is 27.2. The topological polar surface area (TPSA) is 50.2 Å². The fourth-order valence-electron chi connectivity index (χ4n) is 5.40. The Bertz CT molecular complexity index is 891. The van der Waals surface area contributed by atoms with Gasteiger partial charge in [0, 0.05) is 50.3 Å². The van der Waals surface area contributed by atoms with Crippen LogP contribution in [0.1, 0.15) is 60.2 Å². The van der Waals surface area contributed by atoms with E-state index in [2.05, 4.69) is 17.3 Å².